The van der Waals surface area contributed by atoms with Crippen LogP contribution >= 0.6 is 0 Å². The molecule has 0 unspecified atom stereocenters. The van der Waals surface area contributed by atoms with E-state index in [2.05, 4.69) is 22.6 Å². The molecule has 2 amide bonds. The van der Waals surface area contributed by atoms with Crippen LogP contribution in [0.2, 0.25) is 0 Å². The molecule has 0 aliphatic rings. The van der Waals surface area contributed by atoms with E-state index < -0.39 is 11.6 Å². The molecule has 8 heteroatoms. The molecule has 0 spiro atoms. The van der Waals surface area contributed by atoms with Crippen LogP contribution in [-0.4, -0.2) is 57.5 Å². The van der Waals surface area contributed by atoms with Crippen LogP contribution in [-0.2, 0) is 27.3 Å². The average molecular weight is 452 g/mol. The normalized spacial score (nSPS) is 12.5. The summed E-state index contributed by atoms with van der Waals surface area (Å²) in [5, 5.41) is 11.3. The largest absolute Gasteiger partial charge is 0.383 e. The smallest absolute Gasteiger partial charge is 0.247 e. The second-order valence-electron chi connectivity index (χ2n) is 9.05. The van der Waals surface area contributed by atoms with Gasteiger partial charge in [-0.1, -0.05) is 48.5 Å². The summed E-state index contributed by atoms with van der Waals surface area (Å²) in [6, 6.07) is 14.5. The lowest BCUT2D eigenvalue weighted by Crippen LogP contribution is -2.50. The first-order chi connectivity index (χ1) is 15.7. The number of para-hydroxylation sites is 1. The van der Waals surface area contributed by atoms with Gasteiger partial charge in [-0.25, -0.2) is 4.68 Å². The Morgan fingerprint density at radius 3 is 2.45 bits per heavy atom. The van der Waals surface area contributed by atoms with Crippen LogP contribution in [0.4, 0.5) is 0 Å². The summed E-state index contributed by atoms with van der Waals surface area (Å²) >= 11 is 0. The summed E-state index contributed by atoms with van der Waals surface area (Å²) in [6.45, 7) is 8.38. The van der Waals surface area contributed by atoms with E-state index >= 15 is 0 Å². The Kier molecular flexibility index (Phi) is 7.81. The molecule has 0 saturated heterocycles. The topological polar surface area (TPSA) is 89.4 Å². The third kappa shape index (κ3) is 6.16. The lowest BCUT2D eigenvalue weighted by atomic mass is 9.99. The maximum atomic E-state index is 13.6. The third-order valence-corrected chi connectivity index (χ3v) is 5.32. The molecule has 3 aromatic rings. The molecule has 0 radical (unpaired) electrons. The molecule has 1 atom stereocenters. The predicted molar refractivity (Wildman–Crippen MR) is 128 cm³/mol. The van der Waals surface area contributed by atoms with E-state index in [1.165, 1.54) is 0 Å². The zero-order valence-corrected chi connectivity index (χ0v) is 20.0. The van der Waals surface area contributed by atoms with E-state index in [9.17, 15) is 9.59 Å². The third-order valence-electron chi connectivity index (χ3n) is 5.32. The molecular formula is C25H33N5O3. The quantitative estimate of drug-likeness (QED) is 0.540. The van der Waals surface area contributed by atoms with Crippen molar-refractivity contribution >= 4 is 22.8 Å². The lowest BCUT2D eigenvalue weighted by molar-refractivity contribution is -0.142. The summed E-state index contributed by atoms with van der Waals surface area (Å²) in [6.07, 6.45) is 0.894. The highest BCUT2D eigenvalue weighted by molar-refractivity contribution is 5.89. The molecule has 3 rings (SSSR count). The zero-order chi connectivity index (χ0) is 24.0. The van der Waals surface area contributed by atoms with Gasteiger partial charge in [0, 0.05) is 19.2 Å². The molecule has 176 valence electrons. The Morgan fingerprint density at radius 2 is 1.82 bits per heavy atom. The monoisotopic (exact) mass is 451 g/mol. The molecule has 0 aliphatic heterocycles. The van der Waals surface area contributed by atoms with E-state index in [1.807, 2.05) is 69.3 Å². The molecule has 0 aliphatic carbocycles. The maximum absolute atomic E-state index is 13.6. The number of aromatic nitrogens is 3. The minimum atomic E-state index is -0.799. The fourth-order valence-electron chi connectivity index (χ4n) is 3.69. The van der Waals surface area contributed by atoms with Crippen molar-refractivity contribution in [2.75, 3.05) is 20.3 Å². The van der Waals surface area contributed by atoms with Crippen LogP contribution in [0.5, 0.6) is 0 Å². The van der Waals surface area contributed by atoms with Gasteiger partial charge in [0.2, 0.25) is 11.8 Å². The Labute approximate surface area is 194 Å². The van der Waals surface area contributed by atoms with Crippen molar-refractivity contribution in [3.63, 3.8) is 0 Å². The summed E-state index contributed by atoms with van der Waals surface area (Å²) in [7, 11) is 1.58. The Morgan fingerprint density at radius 1 is 1.12 bits per heavy atom. The van der Waals surface area contributed by atoms with Crippen LogP contribution in [0, 0.1) is 0 Å². The van der Waals surface area contributed by atoms with Crippen molar-refractivity contribution in [2.24, 2.45) is 0 Å². The highest BCUT2D eigenvalue weighted by atomic mass is 16.5. The van der Waals surface area contributed by atoms with Gasteiger partial charge < -0.3 is 15.0 Å². The summed E-state index contributed by atoms with van der Waals surface area (Å²) in [5.41, 5.74) is 2.95. The number of methoxy groups -OCH3 is 1. The summed E-state index contributed by atoms with van der Waals surface area (Å²) in [5.74, 6) is -0.476. The Bertz CT molecular complexity index is 1090. The second-order valence-corrected chi connectivity index (χ2v) is 9.05. The van der Waals surface area contributed by atoms with Crippen LogP contribution in [0.15, 0.2) is 48.5 Å². The number of ether oxygens (including phenoxy) is 1. The molecular weight excluding hydrogens is 418 g/mol. The van der Waals surface area contributed by atoms with Crippen molar-refractivity contribution in [1.82, 2.24) is 25.2 Å². The van der Waals surface area contributed by atoms with Crippen LogP contribution in [0.1, 0.15) is 44.9 Å². The first-order valence-electron chi connectivity index (χ1n) is 11.2. The number of carbonyl (C=O) groups excluding carboxylic acids is 2. The fourth-order valence-corrected chi connectivity index (χ4v) is 3.69. The van der Waals surface area contributed by atoms with E-state index in [-0.39, 0.29) is 24.9 Å². The van der Waals surface area contributed by atoms with Gasteiger partial charge in [-0.2, -0.15) is 0 Å². The number of nitrogens with one attached hydrogen (secondary N) is 1. The number of fused-ring (bicyclic) bond motifs is 1. The highest BCUT2D eigenvalue weighted by Gasteiger charge is 2.33. The van der Waals surface area contributed by atoms with E-state index in [0.717, 1.165) is 23.1 Å². The van der Waals surface area contributed by atoms with Crippen LogP contribution in [0.25, 0.3) is 11.0 Å². The van der Waals surface area contributed by atoms with Crippen molar-refractivity contribution in [1.29, 1.82) is 0 Å². The Hall–Kier alpha value is -3.26. The minimum absolute atomic E-state index is 0.0312. The first kappa shape index (κ1) is 24.4. The van der Waals surface area contributed by atoms with Gasteiger partial charge in [0.25, 0.3) is 0 Å². The molecule has 33 heavy (non-hydrogen) atoms. The van der Waals surface area contributed by atoms with Gasteiger partial charge in [-0.15, -0.1) is 5.10 Å². The number of aryl methyl sites for hydroxylation is 1. The van der Waals surface area contributed by atoms with Crippen molar-refractivity contribution < 1.29 is 14.3 Å². The van der Waals surface area contributed by atoms with E-state index in [1.54, 1.807) is 16.7 Å². The van der Waals surface area contributed by atoms with E-state index in [4.69, 9.17) is 4.74 Å². The minimum Gasteiger partial charge on any atom is -0.383 e. The molecule has 1 aromatic heterocycles. The predicted octanol–water partition coefficient (Wildman–Crippen LogP) is 3.12. The highest BCUT2D eigenvalue weighted by Crippen LogP contribution is 2.24. The number of rotatable bonds is 9. The van der Waals surface area contributed by atoms with Gasteiger partial charge >= 0.3 is 0 Å². The fraction of sp³-hybridized carbons (Fsp3) is 0.440. The second kappa shape index (κ2) is 10.6. The van der Waals surface area contributed by atoms with Crippen molar-refractivity contribution in [3.05, 3.63) is 59.7 Å². The average Bonchev–Trinajstić information content (AvgIpc) is 3.18. The summed E-state index contributed by atoms with van der Waals surface area (Å²) in [4.78, 5) is 28.6. The number of benzene rings is 2. The molecule has 1 N–H and O–H groups in total. The lowest BCUT2D eigenvalue weighted by Gasteiger charge is -2.33. The van der Waals surface area contributed by atoms with Gasteiger partial charge in [-0.05, 0) is 50.5 Å². The molecule has 0 fully saturated rings. The SMILES string of the molecule is CCc1ccc([C@H](C(=O)NC(C)(C)C)N(CCOC)C(=O)Cn2nnc3ccccc32)cc1. The van der Waals surface area contributed by atoms with E-state index in [0.29, 0.717) is 12.1 Å². The molecule has 0 saturated carbocycles. The molecule has 8 nitrogen and oxygen atoms in total. The number of amides is 2. The van der Waals surface area contributed by atoms with Crippen molar-refractivity contribution in [3.8, 4) is 0 Å². The summed E-state index contributed by atoms with van der Waals surface area (Å²) < 4.78 is 6.84. The van der Waals surface area contributed by atoms with Gasteiger partial charge in [0.05, 0.1) is 12.1 Å². The Balaban J connectivity index is 1.98. The zero-order valence-electron chi connectivity index (χ0n) is 20.0. The molecule has 1 heterocycles. The van der Waals surface area contributed by atoms with Gasteiger partial charge in [0.15, 0.2) is 0 Å². The molecule has 0 bridgehead atoms. The number of hydrogen-bond donors (Lipinski definition) is 1. The molecule has 2 aromatic carbocycles. The standard InChI is InChI=1S/C25H33N5O3/c1-6-18-11-13-19(14-12-18)23(24(32)26-25(2,3)4)29(15-16-33-5)22(31)17-30-21-10-8-7-9-20(21)27-28-30/h7-14,23H,6,15-17H2,1-5H3,(H,26,32)/t23-/m1/s1. The van der Waals surface area contributed by atoms with Gasteiger partial charge in [-0.3, -0.25) is 9.59 Å². The maximum Gasteiger partial charge on any atom is 0.247 e. The number of hydrogen-bond acceptors (Lipinski definition) is 5. The number of carbonyl (C=O) groups is 2. The van der Waals surface area contributed by atoms with Crippen LogP contribution in [0.3, 0.4) is 0 Å². The van der Waals surface area contributed by atoms with Crippen LogP contribution < -0.4 is 5.32 Å². The number of nitrogens with zero attached hydrogens (tertiary/aromatic N) is 4. The first-order valence-corrected chi connectivity index (χ1v) is 11.2. The van der Waals surface area contributed by atoms with Crippen molar-refractivity contribution in [2.45, 2.75) is 52.2 Å². The van der Waals surface area contributed by atoms with Gasteiger partial charge in [0.1, 0.15) is 18.1 Å².